The molecule has 1 aliphatic rings. The van der Waals surface area contributed by atoms with E-state index in [1.54, 1.807) is 6.20 Å². The summed E-state index contributed by atoms with van der Waals surface area (Å²) in [7, 11) is -2.91. The van der Waals surface area contributed by atoms with Crippen molar-refractivity contribution in [2.45, 2.75) is 32.7 Å². The number of carbonyl (C=O) groups excluding carboxylic acids is 1. The summed E-state index contributed by atoms with van der Waals surface area (Å²) in [4.78, 5) is 16.5. The van der Waals surface area contributed by atoms with Crippen molar-refractivity contribution in [3.05, 3.63) is 23.5 Å². The van der Waals surface area contributed by atoms with Gasteiger partial charge in [-0.05, 0) is 32.8 Å². The summed E-state index contributed by atoms with van der Waals surface area (Å²) in [6, 6.07) is 1.75. The van der Waals surface area contributed by atoms with Crippen molar-refractivity contribution in [2.75, 3.05) is 23.4 Å². The quantitative estimate of drug-likeness (QED) is 0.870. The van der Waals surface area contributed by atoms with Gasteiger partial charge < -0.3 is 10.6 Å². The molecule has 7 heteroatoms. The van der Waals surface area contributed by atoms with Gasteiger partial charge >= 0.3 is 0 Å². The molecular formula is C14H21N3O3S. The average molecular weight is 311 g/mol. The third-order valence-corrected chi connectivity index (χ3v) is 5.26. The van der Waals surface area contributed by atoms with Gasteiger partial charge in [-0.2, -0.15) is 0 Å². The minimum absolute atomic E-state index is 0.0863. The van der Waals surface area contributed by atoms with E-state index in [9.17, 15) is 13.2 Å². The number of aryl methyl sites for hydroxylation is 1. The Labute approximate surface area is 125 Å². The fraction of sp³-hybridized carbons (Fsp3) is 0.571. The molecule has 21 heavy (non-hydrogen) atoms. The number of carbonyl (C=O) groups is 1. The average Bonchev–Trinajstić information content (AvgIpc) is 2.41. The van der Waals surface area contributed by atoms with Crippen molar-refractivity contribution in [3.8, 4) is 0 Å². The first-order valence-electron chi connectivity index (χ1n) is 7.13. The molecule has 2 N–H and O–H groups in total. The molecule has 116 valence electrons. The molecule has 0 unspecified atom stereocenters. The lowest BCUT2D eigenvalue weighted by Gasteiger charge is -2.23. The number of anilines is 1. The lowest BCUT2D eigenvalue weighted by atomic mass is 10.1. The van der Waals surface area contributed by atoms with E-state index in [1.807, 2.05) is 19.9 Å². The van der Waals surface area contributed by atoms with Gasteiger partial charge in [0.2, 0.25) is 0 Å². The van der Waals surface area contributed by atoms with Crippen molar-refractivity contribution < 1.29 is 13.2 Å². The van der Waals surface area contributed by atoms with Gasteiger partial charge in [0, 0.05) is 24.5 Å². The van der Waals surface area contributed by atoms with Gasteiger partial charge in [-0.1, -0.05) is 0 Å². The highest BCUT2D eigenvalue weighted by molar-refractivity contribution is 7.91. The minimum Gasteiger partial charge on any atom is -0.385 e. The van der Waals surface area contributed by atoms with Crippen molar-refractivity contribution in [2.24, 2.45) is 0 Å². The number of sulfone groups is 1. The largest absolute Gasteiger partial charge is 0.385 e. The molecular weight excluding hydrogens is 290 g/mol. The molecule has 1 fully saturated rings. The number of hydrogen-bond acceptors (Lipinski definition) is 5. The van der Waals surface area contributed by atoms with E-state index in [0.717, 1.165) is 11.4 Å². The van der Waals surface area contributed by atoms with Gasteiger partial charge in [-0.15, -0.1) is 0 Å². The second kappa shape index (κ2) is 6.43. The highest BCUT2D eigenvalue weighted by Gasteiger charge is 2.25. The van der Waals surface area contributed by atoms with E-state index >= 15 is 0 Å². The summed E-state index contributed by atoms with van der Waals surface area (Å²) < 4.78 is 22.8. The first-order valence-corrected chi connectivity index (χ1v) is 8.95. The lowest BCUT2D eigenvalue weighted by molar-refractivity contribution is 0.0934. The first kappa shape index (κ1) is 15.8. The Bertz CT molecular complexity index is 614. The number of nitrogens with zero attached hydrogens (tertiary/aromatic N) is 1. The molecule has 1 amide bonds. The van der Waals surface area contributed by atoms with Crippen LogP contribution < -0.4 is 10.6 Å². The zero-order chi connectivity index (χ0) is 15.5. The van der Waals surface area contributed by atoms with Crippen molar-refractivity contribution >= 4 is 21.4 Å². The van der Waals surface area contributed by atoms with E-state index in [-0.39, 0.29) is 23.5 Å². The highest BCUT2D eigenvalue weighted by atomic mass is 32.2. The Morgan fingerprint density at radius 3 is 2.67 bits per heavy atom. The zero-order valence-electron chi connectivity index (χ0n) is 12.3. The molecule has 1 aliphatic heterocycles. The van der Waals surface area contributed by atoms with Gasteiger partial charge in [-0.3, -0.25) is 9.78 Å². The van der Waals surface area contributed by atoms with Crippen molar-refractivity contribution in [1.29, 1.82) is 0 Å². The van der Waals surface area contributed by atoms with Crippen LogP contribution in [-0.4, -0.2) is 43.4 Å². The Morgan fingerprint density at radius 1 is 1.38 bits per heavy atom. The summed E-state index contributed by atoms with van der Waals surface area (Å²) >= 11 is 0. The van der Waals surface area contributed by atoms with E-state index in [2.05, 4.69) is 15.6 Å². The fourth-order valence-electron chi connectivity index (χ4n) is 2.37. The third kappa shape index (κ3) is 4.17. The second-order valence-corrected chi connectivity index (χ2v) is 7.60. The predicted molar refractivity (Wildman–Crippen MR) is 82.3 cm³/mol. The van der Waals surface area contributed by atoms with Gasteiger partial charge in [0.15, 0.2) is 0 Å². The molecule has 6 nitrogen and oxygen atoms in total. The topological polar surface area (TPSA) is 88.2 Å². The second-order valence-electron chi connectivity index (χ2n) is 5.30. The molecule has 0 saturated carbocycles. The highest BCUT2D eigenvalue weighted by Crippen LogP contribution is 2.17. The zero-order valence-corrected chi connectivity index (χ0v) is 13.2. The Balaban J connectivity index is 2.07. The van der Waals surface area contributed by atoms with Crippen LogP contribution in [-0.2, 0) is 9.84 Å². The number of hydrogen-bond donors (Lipinski definition) is 2. The molecule has 1 aromatic heterocycles. The molecule has 1 saturated heterocycles. The van der Waals surface area contributed by atoms with Crippen LogP contribution in [0.5, 0.6) is 0 Å². The molecule has 2 heterocycles. The Morgan fingerprint density at radius 2 is 2.05 bits per heavy atom. The summed E-state index contributed by atoms with van der Waals surface area (Å²) in [6.45, 7) is 4.55. The number of amides is 1. The van der Waals surface area contributed by atoms with Crippen LogP contribution in [0.2, 0.25) is 0 Å². The van der Waals surface area contributed by atoms with E-state index in [0.29, 0.717) is 24.9 Å². The fourth-order valence-corrected chi connectivity index (χ4v) is 3.87. The summed E-state index contributed by atoms with van der Waals surface area (Å²) in [5.41, 5.74) is 2.09. The maximum atomic E-state index is 12.3. The van der Waals surface area contributed by atoms with E-state index in [1.165, 1.54) is 0 Å². The molecule has 0 spiro atoms. The van der Waals surface area contributed by atoms with Crippen molar-refractivity contribution in [3.63, 3.8) is 0 Å². The lowest BCUT2D eigenvalue weighted by Crippen LogP contribution is -2.41. The summed E-state index contributed by atoms with van der Waals surface area (Å²) in [5, 5.41) is 6.06. The third-order valence-electron chi connectivity index (χ3n) is 3.54. The maximum absolute atomic E-state index is 12.3. The van der Waals surface area contributed by atoms with Crippen LogP contribution in [0.3, 0.4) is 0 Å². The molecule has 1 aromatic rings. The van der Waals surface area contributed by atoms with Crippen LogP contribution in [0, 0.1) is 6.92 Å². The summed E-state index contributed by atoms with van der Waals surface area (Å²) in [6.07, 6.45) is 2.51. The molecule has 0 radical (unpaired) electrons. The molecule has 0 aliphatic carbocycles. The van der Waals surface area contributed by atoms with Gasteiger partial charge in [0.05, 0.1) is 22.8 Å². The van der Waals surface area contributed by atoms with Crippen LogP contribution in [0.1, 0.15) is 35.8 Å². The first-order chi connectivity index (χ1) is 9.91. The normalized spacial score (nSPS) is 18.2. The molecule has 0 aromatic carbocycles. The van der Waals surface area contributed by atoms with Gasteiger partial charge in [0.1, 0.15) is 9.84 Å². The van der Waals surface area contributed by atoms with Crippen LogP contribution in [0.25, 0.3) is 0 Å². The molecule has 0 atom stereocenters. The van der Waals surface area contributed by atoms with Crippen molar-refractivity contribution in [1.82, 2.24) is 10.3 Å². The number of pyridine rings is 1. The molecule has 0 bridgehead atoms. The number of aromatic nitrogens is 1. The number of rotatable bonds is 4. The van der Waals surface area contributed by atoms with Crippen LogP contribution in [0.15, 0.2) is 12.3 Å². The summed E-state index contributed by atoms with van der Waals surface area (Å²) in [5.74, 6) is 0.0802. The SMILES string of the molecule is CCNc1cc(C)ncc1C(=O)NC1CCS(=O)(=O)CC1. The predicted octanol–water partition coefficient (Wildman–Crippen LogP) is 1.13. The van der Waals surface area contributed by atoms with E-state index < -0.39 is 9.84 Å². The minimum atomic E-state index is -2.91. The Kier molecular flexibility index (Phi) is 4.82. The Hall–Kier alpha value is -1.63. The smallest absolute Gasteiger partial charge is 0.255 e. The van der Waals surface area contributed by atoms with E-state index in [4.69, 9.17) is 0 Å². The number of nitrogens with one attached hydrogen (secondary N) is 2. The van der Waals surface area contributed by atoms with Crippen LogP contribution in [0.4, 0.5) is 5.69 Å². The van der Waals surface area contributed by atoms with Gasteiger partial charge in [-0.25, -0.2) is 8.42 Å². The standard InChI is InChI=1S/C14H21N3O3S/c1-3-15-13-8-10(2)16-9-12(13)14(18)17-11-4-6-21(19,20)7-5-11/h8-9,11H,3-7H2,1-2H3,(H,15,16)(H,17,18). The van der Waals surface area contributed by atoms with Crippen LogP contribution >= 0.6 is 0 Å². The maximum Gasteiger partial charge on any atom is 0.255 e. The monoisotopic (exact) mass is 311 g/mol. The van der Waals surface area contributed by atoms with Gasteiger partial charge in [0.25, 0.3) is 5.91 Å². The molecule has 2 rings (SSSR count).